The predicted octanol–water partition coefficient (Wildman–Crippen LogP) is 4.12. The summed E-state index contributed by atoms with van der Waals surface area (Å²) in [5.74, 6) is 0.506. The lowest BCUT2D eigenvalue weighted by Gasteiger charge is -2.39. The highest BCUT2D eigenvalue weighted by atomic mass is 16.7. The van der Waals surface area contributed by atoms with Gasteiger partial charge >= 0.3 is 0 Å². The summed E-state index contributed by atoms with van der Waals surface area (Å²) in [7, 11) is 6.73. The molecule has 8 atom stereocenters. The zero-order valence-electron chi connectivity index (χ0n) is 20.2. The van der Waals surface area contributed by atoms with Crippen molar-refractivity contribution in [2.45, 2.75) is 90.2 Å². The fraction of sp³-hybridized carbons (Fsp3) is 0.833. The van der Waals surface area contributed by atoms with E-state index in [1.807, 2.05) is 32.1 Å². The van der Waals surface area contributed by atoms with Gasteiger partial charge in [0.15, 0.2) is 6.29 Å². The highest BCUT2D eigenvalue weighted by molar-refractivity contribution is 5.17. The Hall–Kier alpha value is -0.760. The summed E-state index contributed by atoms with van der Waals surface area (Å²) in [6.45, 7) is 8.39. The minimum absolute atomic E-state index is 0.0685. The van der Waals surface area contributed by atoms with Crippen LogP contribution in [0.15, 0.2) is 23.8 Å². The Kier molecular flexibility index (Phi) is 13.0. The lowest BCUT2D eigenvalue weighted by atomic mass is 9.91. The van der Waals surface area contributed by atoms with Gasteiger partial charge in [0.25, 0.3) is 0 Å². The summed E-state index contributed by atoms with van der Waals surface area (Å²) in [6.07, 6.45) is 8.51. The molecule has 0 aliphatic carbocycles. The Morgan fingerprint density at radius 1 is 1.07 bits per heavy atom. The first kappa shape index (κ1) is 27.3. The van der Waals surface area contributed by atoms with Gasteiger partial charge < -0.3 is 28.8 Å². The van der Waals surface area contributed by atoms with E-state index in [9.17, 15) is 5.11 Å². The van der Waals surface area contributed by atoms with Crippen LogP contribution in [0.4, 0.5) is 0 Å². The molecule has 0 amide bonds. The monoisotopic (exact) mass is 428 g/mol. The van der Waals surface area contributed by atoms with Crippen molar-refractivity contribution in [3.05, 3.63) is 23.8 Å². The Bertz CT molecular complexity index is 516. The molecule has 1 fully saturated rings. The topological polar surface area (TPSA) is 66.4 Å². The first-order valence-corrected chi connectivity index (χ1v) is 11.1. The smallest absolute Gasteiger partial charge is 0.184 e. The lowest BCUT2D eigenvalue weighted by molar-refractivity contribution is -0.256. The summed E-state index contributed by atoms with van der Waals surface area (Å²) in [6, 6.07) is 0. The number of ether oxygens (including phenoxy) is 5. The molecule has 1 heterocycles. The van der Waals surface area contributed by atoms with Crippen LogP contribution < -0.4 is 0 Å². The second kappa shape index (κ2) is 14.3. The molecule has 0 aromatic heterocycles. The SMILES string of the molecule is CCC(OC)C(C)CCC(O)C(C)/C=C/C=C(\C)C1OC(OC)C(OC)CC1OC. The normalized spacial score (nSPS) is 29.7. The number of allylic oxidation sites excluding steroid dienone is 2. The van der Waals surface area contributed by atoms with Gasteiger partial charge in [-0.05, 0) is 37.7 Å². The number of aliphatic hydroxyl groups excluding tert-OH is 1. The van der Waals surface area contributed by atoms with Crippen LogP contribution in [0.2, 0.25) is 0 Å². The number of methoxy groups -OCH3 is 4. The van der Waals surface area contributed by atoms with Gasteiger partial charge in [0.2, 0.25) is 0 Å². The van der Waals surface area contributed by atoms with Crippen LogP contribution in [0.5, 0.6) is 0 Å². The van der Waals surface area contributed by atoms with E-state index in [-0.39, 0.29) is 36.4 Å². The van der Waals surface area contributed by atoms with Gasteiger partial charge in [-0.2, -0.15) is 0 Å². The van der Waals surface area contributed by atoms with Crippen molar-refractivity contribution in [1.29, 1.82) is 0 Å². The first-order chi connectivity index (χ1) is 14.3. The van der Waals surface area contributed by atoms with Crippen molar-refractivity contribution in [1.82, 2.24) is 0 Å². The molecule has 0 aromatic carbocycles. The molecular formula is C24H44O6. The zero-order valence-corrected chi connectivity index (χ0v) is 20.2. The van der Waals surface area contributed by atoms with Crippen molar-refractivity contribution in [3.8, 4) is 0 Å². The van der Waals surface area contributed by atoms with E-state index in [1.165, 1.54) is 0 Å². The van der Waals surface area contributed by atoms with E-state index in [0.29, 0.717) is 12.3 Å². The van der Waals surface area contributed by atoms with Crippen molar-refractivity contribution in [2.75, 3.05) is 28.4 Å². The average molecular weight is 429 g/mol. The average Bonchev–Trinajstić information content (AvgIpc) is 2.76. The number of hydrogen-bond acceptors (Lipinski definition) is 6. The Balaban J connectivity index is 2.63. The molecule has 0 bridgehead atoms. The third kappa shape index (κ3) is 8.06. The summed E-state index contributed by atoms with van der Waals surface area (Å²) in [5.41, 5.74) is 1.05. The van der Waals surface area contributed by atoms with Crippen LogP contribution in [0.3, 0.4) is 0 Å². The van der Waals surface area contributed by atoms with E-state index in [0.717, 1.165) is 24.8 Å². The quantitative estimate of drug-likeness (QED) is 0.445. The van der Waals surface area contributed by atoms with Gasteiger partial charge in [-0.1, -0.05) is 39.0 Å². The first-order valence-electron chi connectivity index (χ1n) is 11.1. The number of aliphatic hydroxyl groups is 1. The minimum Gasteiger partial charge on any atom is -0.393 e. The third-order valence-electron chi connectivity index (χ3n) is 6.31. The fourth-order valence-corrected chi connectivity index (χ4v) is 4.11. The molecule has 176 valence electrons. The molecule has 0 spiro atoms. The third-order valence-corrected chi connectivity index (χ3v) is 6.31. The zero-order chi connectivity index (χ0) is 22.7. The maximum absolute atomic E-state index is 10.5. The van der Waals surface area contributed by atoms with Crippen LogP contribution in [0, 0.1) is 11.8 Å². The van der Waals surface area contributed by atoms with Gasteiger partial charge in [0.1, 0.15) is 12.2 Å². The molecule has 1 rings (SSSR count). The molecule has 1 aliphatic heterocycles. The molecule has 30 heavy (non-hydrogen) atoms. The highest BCUT2D eigenvalue weighted by Gasteiger charge is 2.39. The molecule has 0 radical (unpaired) electrons. The van der Waals surface area contributed by atoms with Gasteiger partial charge in [-0.25, -0.2) is 0 Å². The molecule has 6 heteroatoms. The van der Waals surface area contributed by atoms with Gasteiger partial charge in [-0.15, -0.1) is 0 Å². The maximum atomic E-state index is 10.5. The van der Waals surface area contributed by atoms with Crippen LogP contribution >= 0.6 is 0 Å². The molecule has 1 aliphatic rings. The summed E-state index contributed by atoms with van der Waals surface area (Å²) in [5, 5.41) is 10.5. The van der Waals surface area contributed by atoms with Crippen LogP contribution in [0.1, 0.15) is 53.4 Å². The largest absolute Gasteiger partial charge is 0.393 e. The molecule has 1 N–H and O–H groups in total. The van der Waals surface area contributed by atoms with Crippen molar-refractivity contribution in [3.63, 3.8) is 0 Å². The fourth-order valence-electron chi connectivity index (χ4n) is 4.11. The Labute approximate surface area is 183 Å². The Morgan fingerprint density at radius 2 is 1.73 bits per heavy atom. The minimum atomic E-state index is -0.416. The van der Waals surface area contributed by atoms with Gasteiger partial charge in [0.05, 0.1) is 18.3 Å². The molecule has 0 aromatic rings. The molecule has 6 nitrogen and oxygen atoms in total. The summed E-state index contributed by atoms with van der Waals surface area (Å²) >= 11 is 0. The second-order valence-corrected chi connectivity index (χ2v) is 8.40. The van der Waals surface area contributed by atoms with E-state index < -0.39 is 6.29 Å². The van der Waals surface area contributed by atoms with Crippen molar-refractivity contribution < 1.29 is 28.8 Å². The second-order valence-electron chi connectivity index (χ2n) is 8.40. The number of rotatable bonds is 13. The van der Waals surface area contributed by atoms with E-state index in [1.54, 1.807) is 28.4 Å². The van der Waals surface area contributed by atoms with Gasteiger partial charge in [-0.3, -0.25) is 0 Å². The molecular weight excluding hydrogens is 384 g/mol. The van der Waals surface area contributed by atoms with Gasteiger partial charge in [0, 0.05) is 40.8 Å². The number of hydrogen-bond donors (Lipinski definition) is 1. The molecule has 8 unspecified atom stereocenters. The van der Waals surface area contributed by atoms with Crippen molar-refractivity contribution in [2.24, 2.45) is 11.8 Å². The predicted molar refractivity (Wildman–Crippen MR) is 119 cm³/mol. The highest BCUT2D eigenvalue weighted by Crippen LogP contribution is 2.29. The van der Waals surface area contributed by atoms with E-state index >= 15 is 0 Å². The van der Waals surface area contributed by atoms with Crippen LogP contribution in [-0.4, -0.2) is 70.4 Å². The summed E-state index contributed by atoms with van der Waals surface area (Å²) in [4.78, 5) is 0. The van der Waals surface area contributed by atoms with Crippen molar-refractivity contribution >= 4 is 0 Å². The summed E-state index contributed by atoms with van der Waals surface area (Å²) < 4.78 is 28.1. The lowest BCUT2D eigenvalue weighted by Crippen LogP contribution is -2.49. The molecule has 0 saturated carbocycles. The standard InChI is InChI=1S/C24H44O6/c1-9-20(26-5)17(3)13-14-19(25)16(2)11-10-12-18(4)23-21(27-6)15-22(28-7)24(29-8)30-23/h10-12,16-17,19-25H,9,13-15H2,1-8H3/b11-10+,18-12+. The van der Waals surface area contributed by atoms with E-state index in [2.05, 4.69) is 13.8 Å². The van der Waals surface area contributed by atoms with Crippen LogP contribution in [-0.2, 0) is 23.7 Å². The van der Waals surface area contributed by atoms with E-state index in [4.69, 9.17) is 23.7 Å². The molecule has 1 saturated heterocycles. The Morgan fingerprint density at radius 3 is 2.27 bits per heavy atom. The maximum Gasteiger partial charge on any atom is 0.184 e. The van der Waals surface area contributed by atoms with Crippen LogP contribution in [0.25, 0.3) is 0 Å².